The van der Waals surface area contributed by atoms with Crippen molar-refractivity contribution in [1.29, 1.82) is 0 Å². The molecule has 21 heavy (non-hydrogen) atoms. The molecule has 1 aliphatic heterocycles. The summed E-state index contributed by atoms with van der Waals surface area (Å²) in [5.74, 6) is 0.659. The predicted octanol–water partition coefficient (Wildman–Crippen LogP) is 1.34. The van der Waals surface area contributed by atoms with Gasteiger partial charge in [0, 0.05) is 31.7 Å². The summed E-state index contributed by atoms with van der Waals surface area (Å²) < 4.78 is 0. The Bertz CT molecular complexity index is 353. The van der Waals surface area contributed by atoms with Crippen molar-refractivity contribution in [1.82, 2.24) is 15.5 Å². The third-order valence-electron chi connectivity index (χ3n) is 4.35. The summed E-state index contributed by atoms with van der Waals surface area (Å²) in [5.41, 5.74) is 0. The van der Waals surface area contributed by atoms with Gasteiger partial charge in [-0.2, -0.15) is 0 Å². The maximum Gasteiger partial charge on any atom is 0.315 e. The molecule has 3 N–H and O–H groups in total. The first-order valence-corrected chi connectivity index (χ1v) is 8.23. The molecule has 1 heterocycles. The van der Waals surface area contributed by atoms with E-state index >= 15 is 0 Å². The number of hydrogen-bond acceptors (Lipinski definition) is 3. The van der Waals surface area contributed by atoms with Gasteiger partial charge in [0.2, 0.25) is 0 Å². The van der Waals surface area contributed by atoms with Crippen LogP contribution >= 0.6 is 0 Å². The first kappa shape index (κ1) is 16.3. The molecule has 5 heteroatoms. The number of rotatable bonds is 6. The van der Waals surface area contributed by atoms with Crippen LogP contribution in [0, 0.1) is 11.8 Å². The Kier molecular flexibility index (Phi) is 6.51. The summed E-state index contributed by atoms with van der Waals surface area (Å²) in [6.45, 7) is 6.52. The Labute approximate surface area is 127 Å². The molecule has 120 valence electrons. The van der Waals surface area contributed by atoms with Crippen LogP contribution in [0.1, 0.15) is 32.6 Å². The lowest BCUT2D eigenvalue weighted by Gasteiger charge is -2.29. The minimum absolute atomic E-state index is 0.0551. The van der Waals surface area contributed by atoms with Gasteiger partial charge >= 0.3 is 6.03 Å². The smallest absolute Gasteiger partial charge is 0.315 e. The third kappa shape index (κ3) is 5.67. The summed E-state index contributed by atoms with van der Waals surface area (Å²) in [6.07, 6.45) is 8.71. The quantitative estimate of drug-likeness (QED) is 0.648. The SMILES string of the molecule is CC(CNC(=O)N[C@@H]1C=C[C@H](CO)C1)CN1CCCCC1. The van der Waals surface area contributed by atoms with Crippen LogP contribution in [0.3, 0.4) is 0 Å². The average Bonchev–Trinajstić information content (AvgIpc) is 2.94. The highest BCUT2D eigenvalue weighted by Gasteiger charge is 2.20. The average molecular weight is 295 g/mol. The van der Waals surface area contributed by atoms with E-state index in [-0.39, 0.29) is 24.6 Å². The topological polar surface area (TPSA) is 64.6 Å². The molecule has 1 fully saturated rings. The monoisotopic (exact) mass is 295 g/mol. The zero-order valence-corrected chi connectivity index (χ0v) is 13.1. The maximum atomic E-state index is 11.9. The van der Waals surface area contributed by atoms with E-state index in [1.807, 2.05) is 12.2 Å². The Morgan fingerprint density at radius 2 is 2.10 bits per heavy atom. The van der Waals surface area contributed by atoms with Crippen molar-refractivity contribution in [3.05, 3.63) is 12.2 Å². The highest BCUT2D eigenvalue weighted by Crippen LogP contribution is 2.16. The predicted molar refractivity (Wildman–Crippen MR) is 84.1 cm³/mol. The second kappa shape index (κ2) is 8.39. The van der Waals surface area contributed by atoms with Gasteiger partial charge < -0.3 is 20.6 Å². The molecule has 0 aromatic rings. The number of aliphatic hydroxyl groups excluding tert-OH is 1. The Morgan fingerprint density at radius 3 is 2.76 bits per heavy atom. The summed E-state index contributed by atoms with van der Waals surface area (Å²) in [7, 11) is 0. The molecule has 2 rings (SSSR count). The standard InChI is InChI=1S/C16H29N3O2/c1-13(11-19-7-3-2-4-8-19)10-17-16(21)18-15-6-5-14(9-15)12-20/h5-6,13-15,20H,2-4,7-12H2,1H3,(H2,17,18,21)/t13?,14-,15+/m0/s1. The molecule has 0 radical (unpaired) electrons. The van der Waals surface area contributed by atoms with Gasteiger partial charge in [0.1, 0.15) is 0 Å². The molecule has 0 aromatic carbocycles. The highest BCUT2D eigenvalue weighted by molar-refractivity contribution is 5.74. The summed E-state index contributed by atoms with van der Waals surface area (Å²) in [4.78, 5) is 14.4. The van der Waals surface area contributed by atoms with Crippen LogP contribution < -0.4 is 10.6 Å². The minimum atomic E-state index is -0.103. The number of carbonyl (C=O) groups excluding carboxylic acids is 1. The van der Waals surface area contributed by atoms with Gasteiger partial charge in [-0.1, -0.05) is 25.5 Å². The summed E-state index contributed by atoms with van der Waals surface area (Å²) >= 11 is 0. The fraction of sp³-hybridized carbons (Fsp3) is 0.812. The lowest BCUT2D eigenvalue weighted by atomic mass is 10.1. The van der Waals surface area contributed by atoms with Gasteiger partial charge in [-0.3, -0.25) is 0 Å². The van der Waals surface area contributed by atoms with Crippen LogP contribution in [-0.2, 0) is 0 Å². The van der Waals surface area contributed by atoms with E-state index in [0.29, 0.717) is 12.5 Å². The number of urea groups is 1. The molecule has 1 unspecified atom stereocenters. The van der Waals surface area contributed by atoms with Crippen molar-refractivity contribution in [2.75, 3.05) is 32.8 Å². The van der Waals surface area contributed by atoms with Crippen LogP contribution in [0.5, 0.6) is 0 Å². The number of carbonyl (C=O) groups is 1. The van der Waals surface area contributed by atoms with Gasteiger partial charge in [0.25, 0.3) is 0 Å². The normalized spacial score (nSPS) is 27.5. The zero-order chi connectivity index (χ0) is 15.1. The van der Waals surface area contributed by atoms with Gasteiger partial charge in [-0.05, 0) is 38.3 Å². The van der Waals surface area contributed by atoms with Crippen molar-refractivity contribution in [3.63, 3.8) is 0 Å². The van der Waals surface area contributed by atoms with Crippen molar-refractivity contribution in [2.24, 2.45) is 11.8 Å². The molecule has 5 nitrogen and oxygen atoms in total. The second-order valence-electron chi connectivity index (χ2n) is 6.49. The minimum Gasteiger partial charge on any atom is -0.396 e. The van der Waals surface area contributed by atoms with E-state index in [0.717, 1.165) is 13.0 Å². The molecule has 1 aliphatic carbocycles. The van der Waals surface area contributed by atoms with Crippen molar-refractivity contribution >= 4 is 6.03 Å². The molecule has 0 spiro atoms. The van der Waals surface area contributed by atoms with Crippen LogP contribution in [0.2, 0.25) is 0 Å². The first-order valence-electron chi connectivity index (χ1n) is 8.23. The van der Waals surface area contributed by atoms with Crippen LogP contribution in [0.4, 0.5) is 4.79 Å². The fourth-order valence-electron chi connectivity index (χ4n) is 3.15. The molecule has 0 bridgehead atoms. The van der Waals surface area contributed by atoms with Gasteiger partial charge in [-0.15, -0.1) is 0 Å². The number of hydrogen-bond donors (Lipinski definition) is 3. The molecule has 1 saturated heterocycles. The highest BCUT2D eigenvalue weighted by atomic mass is 16.3. The van der Waals surface area contributed by atoms with Crippen LogP contribution in [0.25, 0.3) is 0 Å². The summed E-state index contributed by atoms with van der Waals surface area (Å²) in [5, 5.41) is 15.0. The zero-order valence-electron chi connectivity index (χ0n) is 13.1. The lowest BCUT2D eigenvalue weighted by molar-refractivity contribution is 0.197. The van der Waals surface area contributed by atoms with Gasteiger partial charge in [0.05, 0.1) is 0 Å². The number of amides is 2. The van der Waals surface area contributed by atoms with Crippen LogP contribution in [0.15, 0.2) is 12.2 Å². The number of piperidine rings is 1. The van der Waals surface area contributed by atoms with Crippen molar-refractivity contribution < 1.29 is 9.90 Å². The Balaban J connectivity index is 1.59. The van der Waals surface area contributed by atoms with E-state index in [9.17, 15) is 4.79 Å². The van der Waals surface area contributed by atoms with E-state index in [2.05, 4.69) is 22.5 Å². The molecular formula is C16H29N3O2. The molecule has 0 aromatic heterocycles. The molecule has 2 amide bonds. The number of nitrogens with one attached hydrogen (secondary N) is 2. The molecule has 2 aliphatic rings. The van der Waals surface area contributed by atoms with E-state index in [4.69, 9.17) is 5.11 Å². The van der Waals surface area contributed by atoms with Gasteiger partial charge in [-0.25, -0.2) is 4.79 Å². The van der Waals surface area contributed by atoms with Crippen molar-refractivity contribution in [3.8, 4) is 0 Å². The Hall–Kier alpha value is -1.07. The van der Waals surface area contributed by atoms with Gasteiger partial charge in [0.15, 0.2) is 0 Å². The lowest BCUT2D eigenvalue weighted by Crippen LogP contribution is -2.44. The molecular weight excluding hydrogens is 266 g/mol. The number of aliphatic hydroxyl groups is 1. The van der Waals surface area contributed by atoms with Crippen molar-refractivity contribution in [2.45, 2.75) is 38.6 Å². The summed E-state index contributed by atoms with van der Waals surface area (Å²) in [6, 6.07) is -0.0479. The first-order chi connectivity index (χ1) is 10.2. The maximum absolute atomic E-state index is 11.9. The van der Waals surface area contributed by atoms with E-state index in [1.54, 1.807) is 0 Å². The third-order valence-corrected chi connectivity index (χ3v) is 4.35. The number of nitrogens with zero attached hydrogens (tertiary/aromatic N) is 1. The molecule has 3 atom stereocenters. The van der Waals surface area contributed by atoms with Crippen LogP contribution in [-0.4, -0.2) is 54.9 Å². The van der Waals surface area contributed by atoms with E-state index in [1.165, 1.54) is 32.4 Å². The second-order valence-corrected chi connectivity index (χ2v) is 6.49. The largest absolute Gasteiger partial charge is 0.396 e. The van der Waals surface area contributed by atoms with E-state index < -0.39 is 0 Å². The number of likely N-dealkylation sites (tertiary alicyclic amines) is 1. The molecule has 0 saturated carbocycles. The Morgan fingerprint density at radius 1 is 1.33 bits per heavy atom. The fourth-order valence-corrected chi connectivity index (χ4v) is 3.15.